The van der Waals surface area contributed by atoms with Crippen LogP contribution in [0.4, 0.5) is 0 Å². The molecule has 0 radical (unpaired) electrons. The maximum absolute atomic E-state index is 12.6. The Hall–Kier alpha value is -1.43. The second kappa shape index (κ2) is 6.83. The first-order chi connectivity index (χ1) is 9.59. The molecular formula is C14H17BrN2O3. The first kappa shape index (κ1) is 15.0. The summed E-state index contributed by atoms with van der Waals surface area (Å²) < 4.78 is 0.674. The molecule has 108 valence electrons. The largest absolute Gasteiger partial charge is 0.481 e. The van der Waals surface area contributed by atoms with Gasteiger partial charge in [0.05, 0.1) is 5.56 Å². The summed E-state index contributed by atoms with van der Waals surface area (Å²) in [6.07, 6.45) is 6.71. The van der Waals surface area contributed by atoms with E-state index in [4.69, 9.17) is 5.11 Å². The summed E-state index contributed by atoms with van der Waals surface area (Å²) in [5.41, 5.74) is 0.585. The number of rotatable bonds is 4. The second-order valence-electron chi connectivity index (χ2n) is 4.94. The molecule has 1 atom stereocenters. The van der Waals surface area contributed by atoms with Crippen LogP contribution < -0.4 is 0 Å². The van der Waals surface area contributed by atoms with Crippen molar-refractivity contribution in [1.29, 1.82) is 0 Å². The number of pyridine rings is 1. The van der Waals surface area contributed by atoms with Gasteiger partial charge in [0.25, 0.3) is 5.91 Å². The zero-order chi connectivity index (χ0) is 14.5. The molecule has 2 heterocycles. The van der Waals surface area contributed by atoms with Crippen LogP contribution in [0.2, 0.25) is 0 Å². The number of hydrogen-bond acceptors (Lipinski definition) is 3. The van der Waals surface area contributed by atoms with Crippen molar-refractivity contribution in [2.75, 3.05) is 6.54 Å². The van der Waals surface area contributed by atoms with Gasteiger partial charge in [-0.3, -0.25) is 14.6 Å². The van der Waals surface area contributed by atoms with Crippen LogP contribution in [0.1, 0.15) is 42.5 Å². The zero-order valence-electron chi connectivity index (χ0n) is 11.1. The maximum atomic E-state index is 12.6. The molecule has 1 aliphatic heterocycles. The highest BCUT2D eigenvalue weighted by molar-refractivity contribution is 9.10. The van der Waals surface area contributed by atoms with E-state index in [0.717, 1.165) is 19.3 Å². The lowest BCUT2D eigenvalue weighted by molar-refractivity contribution is -0.137. The topological polar surface area (TPSA) is 70.5 Å². The lowest BCUT2D eigenvalue weighted by Crippen LogP contribution is -2.44. The molecule has 1 aromatic heterocycles. The first-order valence-corrected chi connectivity index (χ1v) is 7.51. The predicted molar refractivity (Wildman–Crippen MR) is 77.5 cm³/mol. The number of carboxylic acid groups (broad SMARTS) is 1. The average Bonchev–Trinajstić information content (AvgIpc) is 2.45. The van der Waals surface area contributed by atoms with Gasteiger partial charge in [0.2, 0.25) is 0 Å². The maximum Gasteiger partial charge on any atom is 0.303 e. The van der Waals surface area contributed by atoms with E-state index in [2.05, 4.69) is 20.9 Å². The molecule has 0 bridgehead atoms. The predicted octanol–water partition coefficient (Wildman–Crippen LogP) is 2.70. The summed E-state index contributed by atoms with van der Waals surface area (Å²) >= 11 is 3.34. The quantitative estimate of drug-likeness (QED) is 0.914. The van der Waals surface area contributed by atoms with E-state index in [1.165, 1.54) is 0 Å². The van der Waals surface area contributed by atoms with E-state index >= 15 is 0 Å². The third-order valence-corrected chi connectivity index (χ3v) is 4.21. The molecule has 1 amide bonds. The number of halogens is 1. The minimum Gasteiger partial charge on any atom is -0.481 e. The lowest BCUT2D eigenvalue weighted by atomic mass is 9.97. The Morgan fingerprint density at radius 3 is 2.95 bits per heavy atom. The Morgan fingerprint density at radius 1 is 1.45 bits per heavy atom. The smallest absolute Gasteiger partial charge is 0.303 e. The molecule has 0 saturated carbocycles. The van der Waals surface area contributed by atoms with Gasteiger partial charge in [-0.25, -0.2) is 0 Å². The second-order valence-corrected chi connectivity index (χ2v) is 5.79. The van der Waals surface area contributed by atoms with Gasteiger partial charge in [0.1, 0.15) is 0 Å². The molecule has 0 aliphatic carbocycles. The van der Waals surface area contributed by atoms with E-state index in [-0.39, 0.29) is 18.4 Å². The van der Waals surface area contributed by atoms with Gasteiger partial charge in [0.15, 0.2) is 0 Å². The Morgan fingerprint density at radius 2 is 2.25 bits per heavy atom. The van der Waals surface area contributed by atoms with Crippen LogP contribution in [0.15, 0.2) is 22.9 Å². The normalized spacial score (nSPS) is 18.9. The minimum absolute atomic E-state index is 0.0208. The van der Waals surface area contributed by atoms with E-state index < -0.39 is 5.97 Å². The SMILES string of the molecule is O=C(O)CCC1CCCCN1C(=O)c1ccncc1Br. The van der Waals surface area contributed by atoms with Crippen LogP contribution in [-0.4, -0.2) is 39.5 Å². The molecule has 1 aliphatic rings. The summed E-state index contributed by atoms with van der Waals surface area (Å²) in [6.45, 7) is 0.692. The molecule has 5 nitrogen and oxygen atoms in total. The van der Waals surface area contributed by atoms with Crippen LogP contribution in [-0.2, 0) is 4.79 Å². The van der Waals surface area contributed by atoms with Gasteiger partial charge in [0, 0.05) is 35.9 Å². The third kappa shape index (κ3) is 3.56. The summed E-state index contributed by atoms with van der Waals surface area (Å²) in [5, 5.41) is 8.81. The summed E-state index contributed by atoms with van der Waals surface area (Å²) in [7, 11) is 0. The molecule has 1 N–H and O–H groups in total. The van der Waals surface area contributed by atoms with Gasteiger partial charge in [-0.2, -0.15) is 0 Å². The standard InChI is InChI=1S/C14H17BrN2O3/c15-12-9-16-7-6-11(12)14(20)17-8-2-1-3-10(17)4-5-13(18)19/h6-7,9-10H,1-5,8H2,(H,18,19). The van der Waals surface area contributed by atoms with Crippen molar-refractivity contribution in [3.8, 4) is 0 Å². The Labute approximate surface area is 126 Å². The molecule has 0 spiro atoms. The fourth-order valence-electron chi connectivity index (χ4n) is 2.56. The summed E-state index contributed by atoms with van der Waals surface area (Å²) in [5.74, 6) is -0.859. The Kier molecular flexibility index (Phi) is 5.11. The average molecular weight is 341 g/mol. The fraction of sp³-hybridized carbons (Fsp3) is 0.500. The number of carbonyl (C=O) groups excluding carboxylic acids is 1. The lowest BCUT2D eigenvalue weighted by Gasteiger charge is -2.36. The van der Waals surface area contributed by atoms with E-state index in [9.17, 15) is 9.59 Å². The monoisotopic (exact) mass is 340 g/mol. The van der Waals surface area contributed by atoms with Gasteiger partial charge >= 0.3 is 5.97 Å². The number of carboxylic acids is 1. The highest BCUT2D eigenvalue weighted by Gasteiger charge is 2.28. The number of hydrogen-bond donors (Lipinski definition) is 1. The summed E-state index contributed by atoms with van der Waals surface area (Å²) in [6, 6.07) is 1.71. The van der Waals surface area contributed by atoms with Crippen molar-refractivity contribution in [1.82, 2.24) is 9.88 Å². The highest BCUT2D eigenvalue weighted by atomic mass is 79.9. The van der Waals surface area contributed by atoms with Gasteiger partial charge in [-0.1, -0.05) is 0 Å². The molecule has 1 saturated heterocycles. The number of aliphatic carboxylic acids is 1. The van der Waals surface area contributed by atoms with E-state index in [1.54, 1.807) is 18.5 Å². The van der Waals surface area contributed by atoms with Crippen molar-refractivity contribution < 1.29 is 14.7 Å². The van der Waals surface area contributed by atoms with Crippen LogP contribution >= 0.6 is 15.9 Å². The Balaban J connectivity index is 2.13. The van der Waals surface area contributed by atoms with E-state index in [1.807, 2.05) is 4.90 Å². The number of likely N-dealkylation sites (tertiary alicyclic amines) is 1. The van der Waals surface area contributed by atoms with Gasteiger partial charge in [-0.15, -0.1) is 0 Å². The first-order valence-electron chi connectivity index (χ1n) is 6.72. The molecule has 1 aromatic rings. The fourth-order valence-corrected chi connectivity index (χ4v) is 2.98. The molecule has 2 rings (SSSR count). The van der Waals surface area contributed by atoms with E-state index in [0.29, 0.717) is 23.0 Å². The van der Waals surface area contributed by atoms with Crippen molar-refractivity contribution in [2.45, 2.75) is 38.1 Å². The van der Waals surface area contributed by atoms with Gasteiger partial charge in [-0.05, 0) is 47.7 Å². The number of nitrogens with zero attached hydrogens (tertiary/aromatic N) is 2. The molecule has 1 unspecified atom stereocenters. The third-order valence-electron chi connectivity index (χ3n) is 3.58. The van der Waals surface area contributed by atoms with Crippen molar-refractivity contribution in [2.24, 2.45) is 0 Å². The number of amides is 1. The molecule has 0 aromatic carbocycles. The highest BCUT2D eigenvalue weighted by Crippen LogP contribution is 2.25. The van der Waals surface area contributed by atoms with Crippen LogP contribution in [0, 0.1) is 0 Å². The van der Waals surface area contributed by atoms with Crippen LogP contribution in [0.25, 0.3) is 0 Å². The van der Waals surface area contributed by atoms with Crippen molar-refractivity contribution >= 4 is 27.8 Å². The molecular weight excluding hydrogens is 324 g/mol. The van der Waals surface area contributed by atoms with Gasteiger partial charge < -0.3 is 10.0 Å². The number of piperidine rings is 1. The van der Waals surface area contributed by atoms with Crippen LogP contribution in [0.5, 0.6) is 0 Å². The minimum atomic E-state index is -0.812. The number of aromatic nitrogens is 1. The Bertz CT molecular complexity index is 507. The molecule has 20 heavy (non-hydrogen) atoms. The van der Waals surface area contributed by atoms with Crippen molar-refractivity contribution in [3.63, 3.8) is 0 Å². The molecule has 6 heteroatoms. The van der Waals surface area contributed by atoms with Crippen molar-refractivity contribution in [3.05, 3.63) is 28.5 Å². The zero-order valence-corrected chi connectivity index (χ0v) is 12.7. The molecule has 1 fully saturated rings. The number of carbonyl (C=O) groups is 2. The summed E-state index contributed by atoms with van der Waals surface area (Å²) in [4.78, 5) is 29.1. The van der Waals surface area contributed by atoms with Crippen LogP contribution in [0.3, 0.4) is 0 Å².